The Balaban J connectivity index is 2.24. The van der Waals surface area contributed by atoms with Crippen LogP contribution in [0.5, 0.6) is 0 Å². The molecule has 0 unspecified atom stereocenters. The summed E-state index contributed by atoms with van der Waals surface area (Å²) in [5.74, 6) is 2.39. The van der Waals surface area contributed by atoms with Gasteiger partial charge in [-0.25, -0.2) is 0 Å². The number of nitrogens with one attached hydrogen (secondary N) is 1. The minimum Gasteiger partial charge on any atom is -0.344 e. The number of carbonyl (C=O) groups excluding carboxylic acids is 2. The van der Waals surface area contributed by atoms with Crippen molar-refractivity contribution in [2.45, 2.75) is 6.92 Å². The third kappa shape index (κ3) is 3.91. The van der Waals surface area contributed by atoms with Crippen LogP contribution < -0.4 is 5.32 Å². The lowest BCUT2D eigenvalue weighted by atomic mass is 10.3. The molecule has 1 aliphatic rings. The zero-order chi connectivity index (χ0) is 12.0. The topological polar surface area (TPSA) is 52.7 Å². The number of nitrogens with zero attached hydrogens (tertiary/aromatic N) is 2. The van der Waals surface area contributed by atoms with E-state index in [0.29, 0.717) is 19.6 Å². The van der Waals surface area contributed by atoms with Crippen molar-refractivity contribution >= 4 is 11.8 Å². The van der Waals surface area contributed by atoms with Crippen LogP contribution >= 0.6 is 0 Å². The molecule has 0 aromatic carbocycles. The van der Waals surface area contributed by atoms with Gasteiger partial charge in [0, 0.05) is 33.1 Å². The van der Waals surface area contributed by atoms with E-state index >= 15 is 0 Å². The molecular formula is C11H17N3O2. The van der Waals surface area contributed by atoms with Crippen molar-refractivity contribution < 1.29 is 9.59 Å². The van der Waals surface area contributed by atoms with Gasteiger partial charge < -0.3 is 10.2 Å². The lowest BCUT2D eigenvalue weighted by Crippen LogP contribution is -2.50. The Kier molecular flexibility index (Phi) is 4.80. The molecule has 1 saturated heterocycles. The molecule has 1 fully saturated rings. The summed E-state index contributed by atoms with van der Waals surface area (Å²) in [7, 11) is 0. The molecule has 0 radical (unpaired) electrons. The number of rotatable bonds is 3. The molecular weight excluding hydrogens is 206 g/mol. The first kappa shape index (κ1) is 12.5. The molecule has 16 heavy (non-hydrogen) atoms. The van der Waals surface area contributed by atoms with Crippen LogP contribution in [0.25, 0.3) is 0 Å². The van der Waals surface area contributed by atoms with E-state index in [1.807, 2.05) is 4.90 Å². The predicted molar refractivity (Wildman–Crippen MR) is 60.5 cm³/mol. The van der Waals surface area contributed by atoms with Crippen LogP contribution in [-0.2, 0) is 9.59 Å². The highest BCUT2D eigenvalue weighted by Gasteiger charge is 2.19. The van der Waals surface area contributed by atoms with Gasteiger partial charge in [0.15, 0.2) is 0 Å². The Labute approximate surface area is 95.8 Å². The number of terminal acetylenes is 1. The molecule has 0 spiro atoms. The first-order chi connectivity index (χ1) is 7.63. The second-order valence-corrected chi connectivity index (χ2v) is 3.76. The van der Waals surface area contributed by atoms with Gasteiger partial charge in [0.1, 0.15) is 0 Å². The zero-order valence-corrected chi connectivity index (χ0v) is 9.53. The van der Waals surface area contributed by atoms with Gasteiger partial charge >= 0.3 is 0 Å². The summed E-state index contributed by atoms with van der Waals surface area (Å²) in [6, 6.07) is 0. The fourth-order valence-electron chi connectivity index (χ4n) is 1.63. The quantitative estimate of drug-likeness (QED) is 0.618. The summed E-state index contributed by atoms with van der Waals surface area (Å²) in [4.78, 5) is 26.2. The van der Waals surface area contributed by atoms with Crippen LogP contribution in [0.2, 0.25) is 0 Å². The van der Waals surface area contributed by atoms with Gasteiger partial charge in [-0.1, -0.05) is 5.92 Å². The van der Waals surface area contributed by atoms with E-state index < -0.39 is 0 Å². The van der Waals surface area contributed by atoms with E-state index in [2.05, 4.69) is 11.2 Å². The Morgan fingerprint density at radius 2 is 1.94 bits per heavy atom. The van der Waals surface area contributed by atoms with Crippen molar-refractivity contribution in [3.05, 3.63) is 0 Å². The minimum atomic E-state index is -0.0609. The maximum atomic E-state index is 11.4. The summed E-state index contributed by atoms with van der Waals surface area (Å²) in [5, 5.41) is 2.62. The zero-order valence-electron chi connectivity index (χ0n) is 9.53. The molecule has 2 amide bonds. The van der Waals surface area contributed by atoms with Crippen molar-refractivity contribution in [3.8, 4) is 12.3 Å². The average Bonchev–Trinajstić information content (AvgIpc) is 2.27. The molecule has 1 rings (SSSR count). The van der Waals surface area contributed by atoms with Gasteiger partial charge in [-0.2, -0.15) is 0 Å². The molecule has 0 aromatic rings. The summed E-state index contributed by atoms with van der Waals surface area (Å²) >= 11 is 0. The van der Waals surface area contributed by atoms with Crippen molar-refractivity contribution in [1.82, 2.24) is 15.1 Å². The molecule has 1 N–H and O–H groups in total. The molecule has 0 atom stereocenters. The molecule has 5 nitrogen and oxygen atoms in total. The largest absolute Gasteiger partial charge is 0.344 e. The number of amides is 2. The standard InChI is InChI=1S/C11H17N3O2/c1-3-4-12-11(16)9-13-5-7-14(8-6-13)10(2)15/h1H,4-9H2,2H3,(H,12,16). The Morgan fingerprint density at radius 1 is 1.31 bits per heavy atom. The molecule has 88 valence electrons. The van der Waals surface area contributed by atoms with Gasteiger partial charge in [0.25, 0.3) is 0 Å². The first-order valence-corrected chi connectivity index (χ1v) is 5.31. The number of hydrogen-bond donors (Lipinski definition) is 1. The van der Waals surface area contributed by atoms with Crippen molar-refractivity contribution in [3.63, 3.8) is 0 Å². The molecule has 0 saturated carbocycles. The van der Waals surface area contributed by atoms with E-state index in [-0.39, 0.29) is 18.4 Å². The summed E-state index contributed by atoms with van der Waals surface area (Å²) in [5.41, 5.74) is 0. The minimum absolute atomic E-state index is 0.0609. The summed E-state index contributed by atoms with van der Waals surface area (Å²) in [6.45, 7) is 5.05. The van der Waals surface area contributed by atoms with Gasteiger partial charge in [0.2, 0.25) is 11.8 Å². The lowest BCUT2D eigenvalue weighted by molar-refractivity contribution is -0.130. The van der Waals surface area contributed by atoms with Gasteiger partial charge in [-0.05, 0) is 0 Å². The highest BCUT2D eigenvalue weighted by Crippen LogP contribution is 2.01. The Hall–Kier alpha value is -1.54. The fraction of sp³-hybridized carbons (Fsp3) is 0.636. The van der Waals surface area contributed by atoms with Gasteiger partial charge in [-0.3, -0.25) is 14.5 Å². The second-order valence-electron chi connectivity index (χ2n) is 3.76. The number of hydrogen-bond acceptors (Lipinski definition) is 3. The normalized spacial score (nSPS) is 16.6. The monoisotopic (exact) mass is 223 g/mol. The maximum Gasteiger partial charge on any atom is 0.234 e. The SMILES string of the molecule is C#CCNC(=O)CN1CCN(C(C)=O)CC1. The fourth-order valence-corrected chi connectivity index (χ4v) is 1.63. The van der Waals surface area contributed by atoms with E-state index in [1.165, 1.54) is 0 Å². The highest BCUT2D eigenvalue weighted by molar-refractivity contribution is 5.78. The van der Waals surface area contributed by atoms with Gasteiger partial charge in [0.05, 0.1) is 13.1 Å². The van der Waals surface area contributed by atoms with Crippen LogP contribution in [0.3, 0.4) is 0 Å². The molecule has 5 heteroatoms. The third-order valence-corrected chi connectivity index (χ3v) is 2.57. The van der Waals surface area contributed by atoms with Crippen LogP contribution in [0.1, 0.15) is 6.92 Å². The lowest BCUT2D eigenvalue weighted by Gasteiger charge is -2.33. The second kappa shape index (κ2) is 6.13. The van der Waals surface area contributed by atoms with Crippen LogP contribution in [-0.4, -0.2) is 60.9 Å². The van der Waals surface area contributed by atoms with E-state index in [4.69, 9.17) is 6.42 Å². The third-order valence-electron chi connectivity index (χ3n) is 2.57. The molecule has 1 heterocycles. The smallest absolute Gasteiger partial charge is 0.234 e. The predicted octanol–water partition coefficient (Wildman–Crippen LogP) is -1.10. The average molecular weight is 223 g/mol. The summed E-state index contributed by atoms with van der Waals surface area (Å²) < 4.78 is 0. The van der Waals surface area contributed by atoms with E-state index in [1.54, 1.807) is 11.8 Å². The molecule has 1 aliphatic heterocycles. The maximum absolute atomic E-state index is 11.4. The Morgan fingerprint density at radius 3 is 2.44 bits per heavy atom. The number of carbonyl (C=O) groups is 2. The van der Waals surface area contributed by atoms with E-state index in [0.717, 1.165) is 13.1 Å². The van der Waals surface area contributed by atoms with Crippen LogP contribution in [0, 0.1) is 12.3 Å². The molecule has 0 bridgehead atoms. The van der Waals surface area contributed by atoms with Crippen LogP contribution in [0.15, 0.2) is 0 Å². The molecule has 0 aromatic heterocycles. The van der Waals surface area contributed by atoms with Gasteiger partial charge in [-0.15, -0.1) is 6.42 Å². The van der Waals surface area contributed by atoms with Crippen molar-refractivity contribution in [2.24, 2.45) is 0 Å². The van der Waals surface area contributed by atoms with Crippen molar-refractivity contribution in [1.29, 1.82) is 0 Å². The molecule has 0 aliphatic carbocycles. The first-order valence-electron chi connectivity index (χ1n) is 5.31. The summed E-state index contributed by atoms with van der Waals surface area (Å²) in [6.07, 6.45) is 5.04. The highest BCUT2D eigenvalue weighted by atomic mass is 16.2. The number of piperazine rings is 1. The Bertz CT molecular complexity index is 301. The van der Waals surface area contributed by atoms with E-state index in [9.17, 15) is 9.59 Å². The van der Waals surface area contributed by atoms with Crippen molar-refractivity contribution in [2.75, 3.05) is 39.3 Å². The van der Waals surface area contributed by atoms with Crippen LogP contribution in [0.4, 0.5) is 0 Å².